The maximum atomic E-state index is 11.7. The normalized spacial score (nSPS) is 32.4. The van der Waals surface area contributed by atoms with Crippen LogP contribution < -0.4 is 5.73 Å². The van der Waals surface area contributed by atoms with Crippen LogP contribution in [0, 0.1) is 0 Å². The minimum absolute atomic E-state index is 0.158. The molecule has 0 radical (unpaired) electrons. The molecule has 3 unspecified atom stereocenters. The summed E-state index contributed by atoms with van der Waals surface area (Å²) in [7, 11) is -0.749. The van der Waals surface area contributed by atoms with Crippen LogP contribution >= 0.6 is 0 Å². The van der Waals surface area contributed by atoms with E-state index in [2.05, 4.69) is 0 Å². The molecule has 3 heteroatoms. The van der Waals surface area contributed by atoms with E-state index in [-0.39, 0.29) is 11.3 Å². The Labute approximate surface area is 103 Å². The van der Waals surface area contributed by atoms with E-state index in [9.17, 15) is 4.21 Å². The van der Waals surface area contributed by atoms with Crippen molar-refractivity contribution in [3.63, 3.8) is 0 Å². The van der Waals surface area contributed by atoms with Crippen molar-refractivity contribution in [2.75, 3.05) is 6.26 Å². The predicted molar refractivity (Wildman–Crippen MR) is 72.0 cm³/mol. The summed E-state index contributed by atoms with van der Waals surface area (Å²) in [5.74, 6) is 0. The molecule has 0 aromatic heterocycles. The summed E-state index contributed by atoms with van der Waals surface area (Å²) in [6, 6.07) is 0.158. The molecule has 2 nitrogen and oxygen atoms in total. The average Bonchev–Trinajstić information content (AvgIpc) is 2.22. The molecule has 0 aromatic rings. The fourth-order valence-corrected chi connectivity index (χ4v) is 3.73. The van der Waals surface area contributed by atoms with E-state index < -0.39 is 10.8 Å². The van der Waals surface area contributed by atoms with Gasteiger partial charge in [-0.3, -0.25) is 4.21 Å². The van der Waals surface area contributed by atoms with Gasteiger partial charge in [-0.1, -0.05) is 51.4 Å². The summed E-state index contributed by atoms with van der Waals surface area (Å²) in [5, 5.41) is 0.236. The second kappa shape index (κ2) is 8.24. The highest BCUT2D eigenvalue weighted by atomic mass is 32.2. The monoisotopic (exact) mass is 245 g/mol. The van der Waals surface area contributed by atoms with E-state index in [1.165, 1.54) is 51.4 Å². The molecule has 1 fully saturated rings. The van der Waals surface area contributed by atoms with Crippen LogP contribution in [0.2, 0.25) is 0 Å². The van der Waals surface area contributed by atoms with Crippen molar-refractivity contribution < 1.29 is 4.21 Å². The molecule has 0 spiro atoms. The zero-order chi connectivity index (χ0) is 11.8. The third-order valence-corrected chi connectivity index (χ3v) is 5.12. The molecular weight excluding hydrogens is 218 g/mol. The van der Waals surface area contributed by atoms with Crippen LogP contribution in [0.25, 0.3) is 0 Å². The van der Waals surface area contributed by atoms with Crippen molar-refractivity contribution in [1.29, 1.82) is 0 Å². The molecule has 1 saturated carbocycles. The van der Waals surface area contributed by atoms with Gasteiger partial charge in [0.1, 0.15) is 0 Å². The van der Waals surface area contributed by atoms with Crippen LogP contribution in [0.4, 0.5) is 0 Å². The number of hydrogen-bond donors (Lipinski definition) is 1. The molecule has 2 N–H and O–H groups in total. The highest BCUT2D eigenvalue weighted by molar-refractivity contribution is 7.84. The number of hydrogen-bond acceptors (Lipinski definition) is 2. The van der Waals surface area contributed by atoms with Crippen molar-refractivity contribution in [1.82, 2.24) is 0 Å². The van der Waals surface area contributed by atoms with E-state index in [4.69, 9.17) is 5.73 Å². The van der Waals surface area contributed by atoms with Gasteiger partial charge in [-0.2, -0.15) is 0 Å². The molecule has 96 valence electrons. The van der Waals surface area contributed by atoms with Gasteiger partial charge in [-0.15, -0.1) is 0 Å². The van der Waals surface area contributed by atoms with Crippen molar-refractivity contribution >= 4 is 10.8 Å². The predicted octanol–water partition coefficient (Wildman–Crippen LogP) is 2.98. The SMILES string of the molecule is CS(=O)C1CCCCCCCCCCC1N. The summed E-state index contributed by atoms with van der Waals surface area (Å²) in [4.78, 5) is 0. The van der Waals surface area contributed by atoms with Crippen LogP contribution in [0.1, 0.15) is 64.2 Å². The van der Waals surface area contributed by atoms with Gasteiger partial charge in [0.2, 0.25) is 0 Å². The smallest absolute Gasteiger partial charge is 0.0496 e. The summed E-state index contributed by atoms with van der Waals surface area (Å²) in [5.41, 5.74) is 6.17. The Kier molecular flexibility index (Phi) is 7.30. The Bertz CT molecular complexity index is 208. The third-order valence-electron chi connectivity index (χ3n) is 3.68. The average molecular weight is 245 g/mol. The van der Waals surface area contributed by atoms with Crippen molar-refractivity contribution in [2.24, 2.45) is 5.73 Å². The van der Waals surface area contributed by atoms with Crippen molar-refractivity contribution in [3.8, 4) is 0 Å². The lowest BCUT2D eigenvalue weighted by molar-refractivity contribution is 0.468. The Morgan fingerprint density at radius 1 is 0.875 bits per heavy atom. The van der Waals surface area contributed by atoms with Gasteiger partial charge < -0.3 is 5.73 Å². The molecule has 0 heterocycles. The standard InChI is InChI=1S/C13H27NOS/c1-16(15)13-11-9-7-5-3-2-4-6-8-10-12(13)14/h12-13H,2-11,14H2,1H3. The first-order chi connectivity index (χ1) is 7.72. The largest absolute Gasteiger partial charge is 0.327 e. The van der Waals surface area contributed by atoms with E-state index in [0.29, 0.717) is 0 Å². The molecule has 0 amide bonds. The first-order valence-corrected chi connectivity index (χ1v) is 8.42. The van der Waals surface area contributed by atoms with Crippen LogP contribution in [-0.2, 0) is 10.8 Å². The van der Waals surface area contributed by atoms with Gasteiger partial charge in [0.15, 0.2) is 0 Å². The lowest BCUT2D eigenvalue weighted by Gasteiger charge is -2.22. The summed E-state index contributed by atoms with van der Waals surface area (Å²) in [6.45, 7) is 0. The van der Waals surface area contributed by atoms with E-state index >= 15 is 0 Å². The first-order valence-electron chi connectivity index (χ1n) is 6.79. The molecule has 1 aliphatic rings. The Hall–Kier alpha value is 0.110. The van der Waals surface area contributed by atoms with Gasteiger partial charge in [0.25, 0.3) is 0 Å². The van der Waals surface area contributed by atoms with E-state index in [1.807, 2.05) is 6.26 Å². The van der Waals surface area contributed by atoms with Crippen LogP contribution in [0.15, 0.2) is 0 Å². The highest BCUT2D eigenvalue weighted by Crippen LogP contribution is 2.18. The van der Waals surface area contributed by atoms with Gasteiger partial charge >= 0.3 is 0 Å². The fraction of sp³-hybridized carbons (Fsp3) is 1.00. The molecule has 0 saturated heterocycles. The zero-order valence-electron chi connectivity index (χ0n) is 10.6. The van der Waals surface area contributed by atoms with Crippen molar-refractivity contribution in [3.05, 3.63) is 0 Å². The quantitative estimate of drug-likeness (QED) is 0.772. The minimum Gasteiger partial charge on any atom is -0.327 e. The fourth-order valence-electron chi connectivity index (χ4n) is 2.60. The molecule has 16 heavy (non-hydrogen) atoms. The van der Waals surface area contributed by atoms with E-state index in [0.717, 1.165) is 12.8 Å². The summed E-state index contributed by atoms with van der Waals surface area (Å²) in [6.07, 6.45) is 14.4. The minimum atomic E-state index is -0.749. The molecule has 0 aromatic carbocycles. The second-order valence-electron chi connectivity index (χ2n) is 5.11. The maximum Gasteiger partial charge on any atom is 0.0496 e. The third kappa shape index (κ3) is 5.44. The number of nitrogens with two attached hydrogens (primary N) is 1. The number of rotatable bonds is 1. The van der Waals surface area contributed by atoms with Gasteiger partial charge in [-0.25, -0.2) is 0 Å². The van der Waals surface area contributed by atoms with Gasteiger partial charge in [0, 0.05) is 28.3 Å². The van der Waals surface area contributed by atoms with Gasteiger partial charge in [0.05, 0.1) is 0 Å². The second-order valence-corrected chi connectivity index (χ2v) is 6.71. The van der Waals surface area contributed by atoms with E-state index in [1.54, 1.807) is 0 Å². The molecule has 0 bridgehead atoms. The lowest BCUT2D eigenvalue weighted by atomic mass is 9.98. The van der Waals surface area contributed by atoms with Crippen molar-refractivity contribution in [2.45, 2.75) is 75.5 Å². The Morgan fingerprint density at radius 2 is 1.31 bits per heavy atom. The molecule has 1 aliphatic carbocycles. The molecule has 0 aliphatic heterocycles. The van der Waals surface area contributed by atoms with Crippen LogP contribution in [0.5, 0.6) is 0 Å². The Morgan fingerprint density at radius 3 is 1.81 bits per heavy atom. The summed E-state index contributed by atoms with van der Waals surface area (Å²) >= 11 is 0. The Balaban J connectivity index is 2.43. The highest BCUT2D eigenvalue weighted by Gasteiger charge is 2.20. The topological polar surface area (TPSA) is 43.1 Å². The molecule has 1 rings (SSSR count). The first kappa shape index (κ1) is 14.2. The maximum absolute atomic E-state index is 11.7. The van der Waals surface area contributed by atoms with Crippen LogP contribution in [0.3, 0.4) is 0 Å². The summed E-state index contributed by atoms with van der Waals surface area (Å²) < 4.78 is 11.7. The van der Waals surface area contributed by atoms with Crippen LogP contribution in [-0.4, -0.2) is 21.8 Å². The lowest BCUT2D eigenvalue weighted by Crippen LogP contribution is -2.37. The van der Waals surface area contributed by atoms with Gasteiger partial charge in [-0.05, 0) is 12.8 Å². The zero-order valence-corrected chi connectivity index (χ0v) is 11.4. The molecule has 3 atom stereocenters. The molecular formula is C13H27NOS.